The van der Waals surface area contributed by atoms with Gasteiger partial charge in [0.15, 0.2) is 0 Å². The van der Waals surface area contributed by atoms with Gasteiger partial charge in [-0.2, -0.15) is 0 Å². The van der Waals surface area contributed by atoms with Crippen LogP contribution in [0, 0.1) is 5.82 Å². The predicted molar refractivity (Wildman–Crippen MR) is 84.2 cm³/mol. The second-order valence-electron chi connectivity index (χ2n) is 5.29. The molecule has 2 N–H and O–H groups in total. The number of phenolic OH excluding ortho intramolecular Hbond substituents is 1. The van der Waals surface area contributed by atoms with Crippen LogP contribution in [0.1, 0.15) is 31.0 Å². The average molecular weight is 308 g/mol. The zero-order valence-electron chi connectivity index (χ0n) is 12.1. The van der Waals surface area contributed by atoms with E-state index in [2.05, 4.69) is 5.32 Å². The first-order chi connectivity index (χ1) is 9.97. The molecule has 0 spiro atoms. The van der Waals surface area contributed by atoms with E-state index in [-0.39, 0.29) is 17.8 Å². The summed E-state index contributed by atoms with van der Waals surface area (Å²) >= 11 is 6.15. The van der Waals surface area contributed by atoms with Crippen LogP contribution in [0.5, 0.6) is 5.75 Å². The highest BCUT2D eigenvalue weighted by Gasteiger charge is 2.14. The van der Waals surface area contributed by atoms with E-state index in [0.717, 1.165) is 23.1 Å². The van der Waals surface area contributed by atoms with Crippen molar-refractivity contribution >= 4 is 11.6 Å². The third kappa shape index (κ3) is 4.19. The molecule has 0 amide bonds. The van der Waals surface area contributed by atoms with Crippen LogP contribution in [0.25, 0.3) is 0 Å². The second-order valence-corrected chi connectivity index (χ2v) is 5.70. The molecule has 2 aromatic carbocycles. The van der Waals surface area contributed by atoms with Gasteiger partial charge in [0.2, 0.25) is 0 Å². The first-order valence-corrected chi connectivity index (χ1v) is 7.33. The number of rotatable bonds is 5. The third-order valence-electron chi connectivity index (χ3n) is 3.47. The fourth-order valence-electron chi connectivity index (χ4n) is 2.44. The third-order valence-corrected chi connectivity index (χ3v) is 3.84. The van der Waals surface area contributed by atoms with Crippen LogP contribution in [0.2, 0.25) is 5.02 Å². The van der Waals surface area contributed by atoms with Gasteiger partial charge in [-0.05, 0) is 38.0 Å². The molecule has 21 heavy (non-hydrogen) atoms. The molecule has 0 aromatic heterocycles. The van der Waals surface area contributed by atoms with Crippen molar-refractivity contribution in [1.29, 1.82) is 0 Å². The van der Waals surface area contributed by atoms with E-state index in [0.29, 0.717) is 5.56 Å². The number of phenols is 1. The molecule has 0 fully saturated rings. The van der Waals surface area contributed by atoms with E-state index in [4.69, 9.17) is 11.6 Å². The standard InChI is InChI=1S/C17H19ClFNO/c1-11(9-13-5-3-4-6-16(13)18)20-12(2)15-8-7-14(21)10-17(15)19/h3-8,10-12,20-21H,9H2,1-2H3. The van der Waals surface area contributed by atoms with Gasteiger partial charge in [-0.15, -0.1) is 0 Å². The number of nitrogens with one attached hydrogen (secondary N) is 1. The minimum absolute atomic E-state index is 0.0624. The van der Waals surface area contributed by atoms with Crippen molar-refractivity contribution in [1.82, 2.24) is 5.32 Å². The first kappa shape index (κ1) is 15.8. The molecular weight excluding hydrogens is 289 g/mol. The van der Waals surface area contributed by atoms with Crippen LogP contribution >= 0.6 is 11.6 Å². The van der Waals surface area contributed by atoms with Gasteiger partial charge in [0.05, 0.1) is 0 Å². The Kier molecular flexibility index (Phi) is 5.21. The molecule has 0 aliphatic heterocycles. The van der Waals surface area contributed by atoms with E-state index < -0.39 is 5.82 Å². The normalized spacial score (nSPS) is 13.9. The SMILES string of the molecule is CC(Cc1ccccc1Cl)NC(C)c1ccc(O)cc1F. The molecule has 0 aliphatic carbocycles. The number of aromatic hydroxyl groups is 1. The largest absolute Gasteiger partial charge is 0.508 e. The lowest BCUT2D eigenvalue weighted by Gasteiger charge is -2.21. The predicted octanol–water partition coefficient (Wildman–Crippen LogP) is 4.47. The summed E-state index contributed by atoms with van der Waals surface area (Å²) in [5, 5.41) is 13.3. The summed E-state index contributed by atoms with van der Waals surface area (Å²) in [6, 6.07) is 11.9. The van der Waals surface area contributed by atoms with Crippen molar-refractivity contribution in [3.8, 4) is 5.75 Å². The molecule has 2 rings (SSSR count). The maximum atomic E-state index is 13.8. The van der Waals surface area contributed by atoms with Gasteiger partial charge in [-0.25, -0.2) is 4.39 Å². The maximum Gasteiger partial charge on any atom is 0.131 e. The number of hydrogen-bond acceptors (Lipinski definition) is 2. The Bertz CT molecular complexity index is 617. The molecule has 2 aromatic rings. The lowest BCUT2D eigenvalue weighted by Crippen LogP contribution is -2.31. The van der Waals surface area contributed by atoms with Gasteiger partial charge in [0.1, 0.15) is 11.6 Å². The zero-order valence-corrected chi connectivity index (χ0v) is 12.9. The Labute approximate surface area is 129 Å². The van der Waals surface area contributed by atoms with Crippen LogP contribution < -0.4 is 5.32 Å². The summed E-state index contributed by atoms with van der Waals surface area (Å²) in [6.45, 7) is 3.94. The van der Waals surface area contributed by atoms with Gasteiger partial charge >= 0.3 is 0 Å². The van der Waals surface area contributed by atoms with Crippen molar-refractivity contribution < 1.29 is 9.50 Å². The van der Waals surface area contributed by atoms with Crippen LogP contribution in [0.4, 0.5) is 4.39 Å². The molecule has 0 bridgehead atoms. The van der Waals surface area contributed by atoms with Crippen molar-refractivity contribution in [2.75, 3.05) is 0 Å². The summed E-state index contributed by atoms with van der Waals surface area (Å²) in [7, 11) is 0. The molecule has 0 radical (unpaired) electrons. The summed E-state index contributed by atoms with van der Waals surface area (Å²) in [4.78, 5) is 0. The smallest absolute Gasteiger partial charge is 0.131 e. The first-order valence-electron chi connectivity index (χ1n) is 6.95. The van der Waals surface area contributed by atoms with Crippen molar-refractivity contribution in [3.63, 3.8) is 0 Å². The van der Waals surface area contributed by atoms with Crippen molar-refractivity contribution in [2.45, 2.75) is 32.4 Å². The lowest BCUT2D eigenvalue weighted by atomic mass is 10.0. The average Bonchev–Trinajstić information content (AvgIpc) is 2.41. The molecule has 2 nitrogen and oxygen atoms in total. The van der Waals surface area contributed by atoms with Crippen molar-refractivity contribution in [2.24, 2.45) is 0 Å². The topological polar surface area (TPSA) is 32.3 Å². The summed E-state index contributed by atoms with van der Waals surface area (Å²) in [5.41, 5.74) is 1.61. The fourth-order valence-corrected chi connectivity index (χ4v) is 2.65. The number of benzene rings is 2. The van der Waals surface area contributed by atoms with E-state index in [1.807, 2.05) is 38.1 Å². The minimum Gasteiger partial charge on any atom is -0.508 e. The van der Waals surface area contributed by atoms with E-state index in [1.165, 1.54) is 6.07 Å². The molecule has 2 unspecified atom stereocenters. The van der Waals surface area contributed by atoms with Gasteiger partial charge in [-0.1, -0.05) is 35.9 Å². The molecule has 0 saturated heterocycles. The Morgan fingerprint density at radius 1 is 1.19 bits per heavy atom. The highest BCUT2D eigenvalue weighted by atomic mass is 35.5. The van der Waals surface area contributed by atoms with Gasteiger partial charge in [0.25, 0.3) is 0 Å². The maximum absolute atomic E-state index is 13.8. The summed E-state index contributed by atoms with van der Waals surface area (Å²) < 4.78 is 13.8. The highest BCUT2D eigenvalue weighted by Crippen LogP contribution is 2.22. The summed E-state index contributed by atoms with van der Waals surface area (Å²) in [5.74, 6) is -0.465. The molecular formula is C17H19ClFNO. The highest BCUT2D eigenvalue weighted by molar-refractivity contribution is 6.31. The van der Waals surface area contributed by atoms with Crippen LogP contribution in [-0.4, -0.2) is 11.1 Å². The van der Waals surface area contributed by atoms with E-state index >= 15 is 0 Å². The molecule has 112 valence electrons. The molecule has 0 aliphatic rings. The lowest BCUT2D eigenvalue weighted by molar-refractivity contribution is 0.448. The Morgan fingerprint density at radius 2 is 1.90 bits per heavy atom. The van der Waals surface area contributed by atoms with Crippen molar-refractivity contribution in [3.05, 3.63) is 64.4 Å². The van der Waals surface area contributed by atoms with Gasteiger partial charge in [-0.3, -0.25) is 0 Å². The van der Waals surface area contributed by atoms with E-state index in [9.17, 15) is 9.50 Å². The number of halogens is 2. The monoisotopic (exact) mass is 307 g/mol. The zero-order chi connectivity index (χ0) is 15.4. The van der Waals surface area contributed by atoms with E-state index in [1.54, 1.807) is 6.07 Å². The van der Waals surface area contributed by atoms with Crippen LogP contribution in [0.3, 0.4) is 0 Å². The second kappa shape index (κ2) is 6.92. The molecule has 4 heteroatoms. The molecule has 0 heterocycles. The van der Waals surface area contributed by atoms with Gasteiger partial charge in [0, 0.05) is 28.7 Å². The van der Waals surface area contributed by atoms with Crippen LogP contribution in [-0.2, 0) is 6.42 Å². The molecule has 2 atom stereocenters. The quantitative estimate of drug-likeness (QED) is 0.854. The Balaban J connectivity index is 2.02. The molecule has 0 saturated carbocycles. The Hall–Kier alpha value is -1.58. The minimum atomic E-state index is -0.403. The van der Waals surface area contributed by atoms with Crippen LogP contribution in [0.15, 0.2) is 42.5 Å². The Morgan fingerprint density at radius 3 is 2.57 bits per heavy atom. The number of hydrogen-bond donors (Lipinski definition) is 2. The van der Waals surface area contributed by atoms with Gasteiger partial charge < -0.3 is 10.4 Å². The fraction of sp³-hybridized carbons (Fsp3) is 0.294. The summed E-state index contributed by atoms with van der Waals surface area (Å²) in [6.07, 6.45) is 0.768.